The Bertz CT molecular complexity index is 572. The van der Waals surface area contributed by atoms with Gasteiger partial charge in [0.1, 0.15) is 6.10 Å². The van der Waals surface area contributed by atoms with Crippen molar-refractivity contribution < 1.29 is 14.9 Å². The Morgan fingerprint density at radius 3 is 3.11 bits per heavy atom. The summed E-state index contributed by atoms with van der Waals surface area (Å²) in [7, 11) is 0. The fourth-order valence-electron chi connectivity index (χ4n) is 2.13. The predicted molar refractivity (Wildman–Crippen MR) is 61.4 cm³/mol. The van der Waals surface area contributed by atoms with Gasteiger partial charge < -0.3 is 20.7 Å². The van der Waals surface area contributed by atoms with Crippen molar-refractivity contribution in [1.29, 1.82) is 0 Å². The van der Waals surface area contributed by atoms with E-state index in [-0.39, 0.29) is 6.61 Å². The Morgan fingerprint density at radius 2 is 2.39 bits per heavy atom. The monoisotopic (exact) mass is 251 g/mol. The highest BCUT2D eigenvalue weighted by Gasteiger charge is 2.35. The number of aliphatic hydroxyl groups is 2. The molecule has 1 saturated heterocycles. The fourth-order valence-corrected chi connectivity index (χ4v) is 2.13. The average Bonchev–Trinajstić information content (AvgIpc) is 2.93. The minimum atomic E-state index is -0.710. The average molecular weight is 251 g/mol. The van der Waals surface area contributed by atoms with Gasteiger partial charge in [-0.25, -0.2) is 9.67 Å². The number of nitrogens with zero attached hydrogens (tertiary/aromatic N) is 4. The first-order valence-corrected chi connectivity index (χ1v) is 5.60. The molecule has 4 N–H and O–H groups in total. The van der Waals surface area contributed by atoms with Gasteiger partial charge in [-0.15, -0.1) is 5.10 Å². The van der Waals surface area contributed by atoms with E-state index < -0.39 is 18.4 Å². The first kappa shape index (κ1) is 11.3. The van der Waals surface area contributed by atoms with Gasteiger partial charge in [0.15, 0.2) is 17.6 Å². The van der Waals surface area contributed by atoms with Crippen molar-refractivity contribution in [3.63, 3.8) is 0 Å². The zero-order valence-corrected chi connectivity index (χ0v) is 9.47. The Morgan fingerprint density at radius 1 is 1.56 bits per heavy atom. The summed E-state index contributed by atoms with van der Waals surface area (Å²) in [5.41, 5.74) is 6.89. The smallest absolute Gasteiger partial charge is 0.155 e. The van der Waals surface area contributed by atoms with Crippen molar-refractivity contribution in [1.82, 2.24) is 20.0 Å². The number of ether oxygens (including phenoxy) is 1. The second-order valence-electron chi connectivity index (χ2n) is 4.21. The molecule has 0 aliphatic carbocycles. The molecule has 0 saturated carbocycles. The lowest BCUT2D eigenvalue weighted by molar-refractivity contribution is -0.0474. The van der Waals surface area contributed by atoms with Crippen LogP contribution >= 0.6 is 0 Å². The molecular formula is C10H13N5O3. The molecule has 2 aromatic heterocycles. The SMILES string of the molecule is Nc1nccc2c1nnn2[C@H]1C[C@H](O)[C@@H](CO)O1. The van der Waals surface area contributed by atoms with E-state index in [4.69, 9.17) is 15.6 Å². The molecule has 3 rings (SSSR count). The maximum absolute atomic E-state index is 9.70. The van der Waals surface area contributed by atoms with Gasteiger partial charge >= 0.3 is 0 Å². The molecule has 18 heavy (non-hydrogen) atoms. The number of rotatable bonds is 2. The van der Waals surface area contributed by atoms with Crippen LogP contribution in [0.4, 0.5) is 5.82 Å². The van der Waals surface area contributed by atoms with Gasteiger partial charge in [-0.2, -0.15) is 0 Å². The predicted octanol–water partition coefficient (Wildman–Crippen LogP) is -0.951. The normalized spacial score (nSPS) is 28.0. The van der Waals surface area contributed by atoms with Crippen LogP contribution in [0.5, 0.6) is 0 Å². The molecular weight excluding hydrogens is 238 g/mol. The number of nitrogen functional groups attached to an aromatic ring is 1. The van der Waals surface area contributed by atoms with Crippen molar-refractivity contribution in [2.24, 2.45) is 0 Å². The zero-order chi connectivity index (χ0) is 12.7. The maximum atomic E-state index is 9.70. The number of hydrogen-bond donors (Lipinski definition) is 3. The van der Waals surface area contributed by atoms with Gasteiger partial charge in [0.05, 0.1) is 18.2 Å². The molecule has 1 aliphatic heterocycles. The van der Waals surface area contributed by atoms with Crippen molar-refractivity contribution in [3.05, 3.63) is 12.3 Å². The van der Waals surface area contributed by atoms with Gasteiger partial charge in [-0.3, -0.25) is 0 Å². The standard InChI is InChI=1S/C10H13N5O3/c11-10-9-5(1-2-12-10)15(14-13-9)8-3-6(17)7(4-16)18-8/h1-2,6-8,16-17H,3-4H2,(H2,11,12)/t6-,7+,8+/m0/s1. The second-order valence-corrected chi connectivity index (χ2v) is 4.21. The highest BCUT2D eigenvalue weighted by Crippen LogP contribution is 2.30. The van der Waals surface area contributed by atoms with Crippen LogP contribution in [-0.4, -0.2) is 49.0 Å². The summed E-state index contributed by atoms with van der Waals surface area (Å²) >= 11 is 0. The van der Waals surface area contributed by atoms with Crippen LogP contribution in [0.1, 0.15) is 12.6 Å². The minimum absolute atomic E-state index is 0.228. The lowest BCUT2D eigenvalue weighted by Crippen LogP contribution is -2.24. The maximum Gasteiger partial charge on any atom is 0.155 e. The molecule has 8 nitrogen and oxygen atoms in total. The van der Waals surface area contributed by atoms with Crippen LogP contribution in [0.25, 0.3) is 11.0 Å². The minimum Gasteiger partial charge on any atom is -0.394 e. The zero-order valence-electron chi connectivity index (χ0n) is 9.47. The van der Waals surface area contributed by atoms with Gasteiger partial charge in [-0.1, -0.05) is 5.21 Å². The van der Waals surface area contributed by atoms with E-state index in [0.29, 0.717) is 23.3 Å². The number of fused-ring (bicyclic) bond motifs is 1. The van der Waals surface area contributed by atoms with Crippen LogP contribution in [0.15, 0.2) is 12.3 Å². The quantitative estimate of drug-likeness (QED) is 0.629. The van der Waals surface area contributed by atoms with Crippen molar-refractivity contribution >= 4 is 16.9 Å². The van der Waals surface area contributed by atoms with E-state index in [0.717, 1.165) is 0 Å². The third-order valence-electron chi connectivity index (χ3n) is 3.08. The lowest BCUT2D eigenvalue weighted by Gasteiger charge is -2.12. The van der Waals surface area contributed by atoms with Gasteiger partial charge in [-0.05, 0) is 6.07 Å². The van der Waals surface area contributed by atoms with Gasteiger partial charge in [0, 0.05) is 12.6 Å². The molecule has 2 aromatic rings. The van der Waals surface area contributed by atoms with E-state index in [9.17, 15) is 5.11 Å². The molecule has 0 aromatic carbocycles. The van der Waals surface area contributed by atoms with E-state index >= 15 is 0 Å². The topological polar surface area (TPSA) is 119 Å². The summed E-state index contributed by atoms with van der Waals surface area (Å²) in [6.07, 6.45) is 0.161. The highest BCUT2D eigenvalue weighted by atomic mass is 16.5. The first-order chi connectivity index (χ1) is 8.70. The number of anilines is 1. The van der Waals surface area contributed by atoms with E-state index in [2.05, 4.69) is 15.3 Å². The van der Waals surface area contributed by atoms with Gasteiger partial charge in [0.25, 0.3) is 0 Å². The Balaban J connectivity index is 1.99. The summed E-state index contributed by atoms with van der Waals surface area (Å²) in [4.78, 5) is 3.93. The summed E-state index contributed by atoms with van der Waals surface area (Å²) in [6, 6.07) is 1.73. The molecule has 8 heteroatoms. The molecule has 1 fully saturated rings. The third-order valence-corrected chi connectivity index (χ3v) is 3.08. The van der Waals surface area contributed by atoms with E-state index in [1.165, 1.54) is 0 Å². The molecule has 0 radical (unpaired) electrons. The number of aromatic nitrogens is 4. The molecule has 3 atom stereocenters. The van der Waals surface area contributed by atoms with Crippen LogP contribution < -0.4 is 5.73 Å². The van der Waals surface area contributed by atoms with Crippen molar-refractivity contribution in [2.45, 2.75) is 24.9 Å². The molecule has 3 heterocycles. The largest absolute Gasteiger partial charge is 0.394 e. The fraction of sp³-hybridized carbons (Fsp3) is 0.500. The second kappa shape index (κ2) is 4.16. The number of aliphatic hydroxyl groups excluding tert-OH is 2. The highest BCUT2D eigenvalue weighted by molar-refractivity contribution is 5.83. The van der Waals surface area contributed by atoms with Crippen LogP contribution in [0.3, 0.4) is 0 Å². The molecule has 0 spiro atoms. The van der Waals surface area contributed by atoms with Crippen LogP contribution in [0, 0.1) is 0 Å². The summed E-state index contributed by atoms with van der Waals surface area (Å²) in [5.74, 6) is 0.302. The summed E-state index contributed by atoms with van der Waals surface area (Å²) in [6.45, 7) is -0.228. The lowest BCUT2D eigenvalue weighted by atomic mass is 10.2. The summed E-state index contributed by atoms with van der Waals surface area (Å²) in [5, 5.41) is 26.7. The number of pyridine rings is 1. The molecule has 0 amide bonds. The van der Waals surface area contributed by atoms with Crippen molar-refractivity contribution in [3.8, 4) is 0 Å². The van der Waals surface area contributed by atoms with E-state index in [1.54, 1.807) is 16.9 Å². The molecule has 96 valence electrons. The third kappa shape index (κ3) is 1.62. The van der Waals surface area contributed by atoms with Crippen LogP contribution in [0.2, 0.25) is 0 Å². The molecule has 1 aliphatic rings. The summed E-state index contributed by atoms with van der Waals surface area (Å²) < 4.78 is 7.06. The van der Waals surface area contributed by atoms with Crippen LogP contribution in [-0.2, 0) is 4.74 Å². The molecule has 0 unspecified atom stereocenters. The Labute approximate surface area is 102 Å². The van der Waals surface area contributed by atoms with Crippen molar-refractivity contribution in [2.75, 3.05) is 12.3 Å². The first-order valence-electron chi connectivity index (χ1n) is 5.60. The van der Waals surface area contributed by atoms with Gasteiger partial charge in [0.2, 0.25) is 0 Å². The number of nitrogens with two attached hydrogens (primary N) is 1. The Hall–Kier alpha value is -1.77. The van der Waals surface area contributed by atoms with E-state index in [1.807, 2.05) is 0 Å². The molecule has 0 bridgehead atoms. The number of hydrogen-bond acceptors (Lipinski definition) is 7. The Kier molecular flexibility index (Phi) is 2.62.